The van der Waals surface area contributed by atoms with Crippen molar-refractivity contribution in [2.45, 2.75) is 13.8 Å². The first kappa shape index (κ1) is 35.0. The van der Waals surface area contributed by atoms with Gasteiger partial charge in [0, 0.05) is 103 Å². The van der Waals surface area contributed by atoms with Crippen LogP contribution < -0.4 is 26.8 Å². The highest BCUT2D eigenvalue weighted by Crippen LogP contribution is 2.33. The number of hydrogen-bond acceptors (Lipinski definition) is 9. The van der Waals surface area contributed by atoms with Crippen LogP contribution in [0.15, 0.2) is 113 Å². The van der Waals surface area contributed by atoms with E-state index in [0.29, 0.717) is 24.7 Å². The third kappa shape index (κ3) is 7.05. The van der Waals surface area contributed by atoms with Crippen molar-refractivity contribution in [2.24, 2.45) is 0 Å². The predicted octanol–water partition coefficient (Wildman–Crippen LogP) is 9.90. The number of benzene rings is 5. The van der Waals surface area contributed by atoms with Gasteiger partial charge >= 0.3 is 0 Å². The molecule has 0 atom stereocenters. The monoisotopic (exact) mass is 755 g/mol. The molecule has 0 amide bonds. The number of anilines is 3. The number of nitrogens with one attached hydrogen (secondary N) is 3. The zero-order valence-corrected chi connectivity index (χ0v) is 31.9. The van der Waals surface area contributed by atoms with E-state index in [1.807, 2.05) is 84.9 Å². The van der Waals surface area contributed by atoms with Crippen molar-refractivity contribution in [2.75, 3.05) is 55.2 Å². The van der Waals surface area contributed by atoms with E-state index in [1.54, 1.807) is 28.9 Å². The first-order valence-electron chi connectivity index (χ1n) is 17.7. The SMILES string of the molecule is Cc1ccc(NCCN(CCNc2ccnc3cc(Cl)ccc23)CCNc2ccc(C)c3sc4ccccc4c(=O)c23)c2c(=O)c3ccccc3sc12. The van der Waals surface area contributed by atoms with Crippen LogP contribution in [0.1, 0.15) is 11.1 Å². The first-order chi connectivity index (χ1) is 25.9. The Labute approximate surface area is 319 Å². The maximum Gasteiger partial charge on any atom is 0.197 e. The Kier molecular flexibility index (Phi) is 9.98. The van der Waals surface area contributed by atoms with E-state index < -0.39 is 0 Å². The Hall–Kier alpha value is -5.06. The van der Waals surface area contributed by atoms with Crippen LogP contribution >= 0.6 is 34.3 Å². The largest absolute Gasteiger partial charge is 0.383 e. The van der Waals surface area contributed by atoms with Gasteiger partial charge in [-0.3, -0.25) is 19.5 Å². The number of halogens is 1. The molecule has 7 nitrogen and oxygen atoms in total. The normalized spacial score (nSPS) is 11.7. The van der Waals surface area contributed by atoms with Crippen molar-refractivity contribution in [3.63, 3.8) is 0 Å². The topological polar surface area (TPSA) is 86.4 Å². The lowest BCUT2D eigenvalue weighted by atomic mass is 10.1. The maximum atomic E-state index is 13.7. The molecule has 0 aliphatic rings. The lowest BCUT2D eigenvalue weighted by molar-refractivity contribution is 0.306. The molecule has 53 heavy (non-hydrogen) atoms. The Bertz CT molecular complexity index is 2640. The van der Waals surface area contributed by atoms with Crippen LogP contribution in [-0.4, -0.2) is 49.2 Å². The van der Waals surface area contributed by atoms with Gasteiger partial charge in [-0.15, -0.1) is 22.7 Å². The Morgan fingerprint density at radius 2 is 1.11 bits per heavy atom. The molecule has 0 saturated heterocycles. The van der Waals surface area contributed by atoms with Gasteiger partial charge in [0.05, 0.1) is 16.3 Å². The molecule has 3 N–H and O–H groups in total. The molecular weight excluding hydrogens is 718 g/mol. The molecule has 0 saturated carbocycles. The molecule has 0 radical (unpaired) electrons. The van der Waals surface area contributed by atoms with Gasteiger partial charge in [0.2, 0.25) is 0 Å². The Balaban J connectivity index is 1.02. The van der Waals surface area contributed by atoms with Gasteiger partial charge in [0.15, 0.2) is 10.9 Å². The quantitative estimate of drug-likeness (QED) is 0.107. The second-order valence-electron chi connectivity index (χ2n) is 13.3. The lowest BCUT2D eigenvalue weighted by Crippen LogP contribution is -2.36. The predicted molar refractivity (Wildman–Crippen MR) is 229 cm³/mol. The summed E-state index contributed by atoms with van der Waals surface area (Å²) < 4.78 is 4.04. The van der Waals surface area contributed by atoms with E-state index in [9.17, 15) is 9.59 Å². The minimum absolute atomic E-state index is 0.0634. The van der Waals surface area contributed by atoms with Gasteiger partial charge in [0.25, 0.3) is 0 Å². The van der Waals surface area contributed by atoms with E-state index >= 15 is 0 Å². The van der Waals surface area contributed by atoms with Gasteiger partial charge in [-0.2, -0.15) is 0 Å². The van der Waals surface area contributed by atoms with E-state index in [1.165, 1.54) is 0 Å². The standard InChI is InChI=1S/C43H38ClN5O2S2/c1-26-11-15-33(38-40(50)30-7-3-5-9-36(30)52-42(26)38)47-20-23-49(22-19-46-32-17-18-45-35-25-28(44)13-14-29(32)35)24-21-48-34-16-12-27(2)43-39(34)41(51)31-8-4-6-10-37(31)53-43/h3-18,25,47-48H,19-24H2,1-2H3,(H,45,46). The summed E-state index contributed by atoms with van der Waals surface area (Å²) >= 11 is 9.57. The van der Waals surface area contributed by atoms with E-state index in [2.05, 4.69) is 51.8 Å². The van der Waals surface area contributed by atoms with E-state index in [4.69, 9.17) is 11.6 Å². The summed E-state index contributed by atoms with van der Waals surface area (Å²) in [6.07, 6.45) is 1.80. The Morgan fingerprint density at radius 1 is 0.604 bits per heavy atom. The van der Waals surface area contributed by atoms with Crippen molar-refractivity contribution < 1.29 is 0 Å². The third-order valence-corrected chi connectivity index (χ3v) is 12.6. The van der Waals surface area contributed by atoms with Gasteiger partial charge in [-0.05, 0) is 85.6 Å². The van der Waals surface area contributed by atoms with Gasteiger partial charge in [-0.1, -0.05) is 48.0 Å². The lowest BCUT2D eigenvalue weighted by Gasteiger charge is -2.24. The molecule has 266 valence electrons. The van der Waals surface area contributed by atoms with Gasteiger partial charge in [-0.25, -0.2) is 0 Å². The molecule has 0 aliphatic carbocycles. The molecule has 0 bridgehead atoms. The number of hydrogen-bond donors (Lipinski definition) is 3. The summed E-state index contributed by atoms with van der Waals surface area (Å²) in [5.41, 5.74) is 5.90. The summed E-state index contributed by atoms with van der Waals surface area (Å²) in [6.45, 7) is 8.39. The van der Waals surface area contributed by atoms with Crippen molar-refractivity contribution >= 4 is 103 Å². The van der Waals surface area contributed by atoms with Crippen molar-refractivity contribution in [3.8, 4) is 0 Å². The first-order valence-corrected chi connectivity index (χ1v) is 19.8. The second-order valence-corrected chi connectivity index (χ2v) is 15.8. The average Bonchev–Trinajstić information content (AvgIpc) is 3.17. The van der Waals surface area contributed by atoms with Crippen molar-refractivity contribution in [1.82, 2.24) is 9.88 Å². The van der Waals surface area contributed by atoms with Crippen molar-refractivity contribution in [3.05, 3.63) is 140 Å². The summed E-state index contributed by atoms with van der Waals surface area (Å²) in [6, 6.07) is 31.7. The summed E-state index contributed by atoms with van der Waals surface area (Å²) in [5.74, 6) is 0. The Morgan fingerprint density at radius 3 is 1.66 bits per heavy atom. The fraction of sp³-hybridized carbons (Fsp3) is 0.186. The summed E-state index contributed by atoms with van der Waals surface area (Å²) in [7, 11) is 0. The number of nitrogens with zero attached hydrogens (tertiary/aromatic N) is 2. The van der Waals surface area contributed by atoms with Crippen LogP contribution in [0.25, 0.3) is 51.2 Å². The van der Waals surface area contributed by atoms with Crippen LogP contribution in [0.5, 0.6) is 0 Å². The summed E-state index contributed by atoms with van der Waals surface area (Å²) in [4.78, 5) is 34.4. The minimum atomic E-state index is 0.0634. The molecule has 0 unspecified atom stereocenters. The molecule has 8 aromatic rings. The van der Waals surface area contributed by atoms with Gasteiger partial charge < -0.3 is 16.0 Å². The van der Waals surface area contributed by atoms with Crippen LogP contribution in [0, 0.1) is 13.8 Å². The third-order valence-electron chi connectivity index (χ3n) is 9.79. The van der Waals surface area contributed by atoms with Crippen LogP contribution in [0.2, 0.25) is 5.02 Å². The fourth-order valence-corrected chi connectivity index (χ4v) is 9.52. The van der Waals surface area contributed by atoms with Crippen LogP contribution in [-0.2, 0) is 0 Å². The van der Waals surface area contributed by atoms with Crippen molar-refractivity contribution in [1.29, 1.82) is 0 Å². The molecule has 5 aromatic carbocycles. The van der Waals surface area contributed by atoms with E-state index in [0.717, 1.165) is 99.1 Å². The zero-order valence-electron chi connectivity index (χ0n) is 29.5. The highest BCUT2D eigenvalue weighted by molar-refractivity contribution is 7.25. The van der Waals surface area contributed by atoms with Crippen LogP contribution in [0.4, 0.5) is 17.1 Å². The average molecular weight is 756 g/mol. The minimum Gasteiger partial charge on any atom is -0.383 e. The highest BCUT2D eigenvalue weighted by Gasteiger charge is 2.15. The molecule has 0 aliphatic heterocycles. The number of pyridine rings is 1. The molecule has 0 spiro atoms. The molecule has 3 heterocycles. The summed E-state index contributed by atoms with van der Waals surface area (Å²) in [5, 5.41) is 15.5. The number of fused-ring (bicyclic) bond motifs is 5. The second kappa shape index (κ2) is 15.1. The molecule has 0 fully saturated rings. The maximum absolute atomic E-state index is 13.7. The number of aryl methyl sites for hydroxylation is 2. The molecule has 10 heteroatoms. The van der Waals surface area contributed by atoms with Gasteiger partial charge in [0.1, 0.15) is 0 Å². The van der Waals surface area contributed by atoms with E-state index in [-0.39, 0.29) is 10.9 Å². The number of rotatable bonds is 12. The molecule has 8 rings (SSSR count). The molecular formula is C43H38ClN5O2S2. The van der Waals surface area contributed by atoms with Crippen LogP contribution in [0.3, 0.4) is 0 Å². The zero-order chi connectivity index (χ0) is 36.5. The highest BCUT2D eigenvalue weighted by atomic mass is 35.5. The fourth-order valence-electron chi connectivity index (χ4n) is 7.01. The smallest absolute Gasteiger partial charge is 0.197 e. The number of aromatic nitrogens is 1. The molecule has 3 aromatic heterocycles.